The van der Waals surface area contributed by atoms with Crippen LogP contribution in [0.1, 0.15) is 15.9 Å². The molecule has 6 heteroatoms. The number of benzene rings is 3. The van der Waals surface area contributed by atoms with E-state index in [0.29, 0.717) is 11.3 Å². The monoisotopic (exact) mass is 394 g/mol. The Morgan fingerprint density at radius 1 is 0.821 bits per heavy atom. The molecule has 0 atom stereocenters. The fourth-order valence-corrected chi connectivity index (χ4v) is 4.20. The molecular formula is C22H22N2O3S. The van der Waals surface area contributed by atoms with Gasteiger partial charge in [-0.15, -0.1) is 0 Å². The summed E-state index contributed by atoms with van der Waals surface area (Å²) in [4.78, 5) is 14.7. The van der Waals surface area contributed by atoms with Crippen LogP contribution in [0, 0.1) is 6.92 Å². The number of amides is 1. The first-order valence-electron chi connectivity index (χ1n) is 8.80. The molecule has 3 rings (SSSR count). The van der Waals surface area contributed by atoms with Crippen molar-refractivity contribution in [1.29, 1.82) is 0 Å². The molecule has 0 fully saturated rings. The zero-order valence-corrected chi connectivity index (χ0v) is 16.8. The summed E-state index contributed by atoms with van der Waals surface area (Å²) in [5, 5.41) is 0. The lowest BCUT2D eigenvalue weighted by molar-refractivity contribution is 0.0993. The third kappa shape index (κ3) is 3.77. The topological polar surface area (TPSA) is 57.7 Å². The molecule has 0 unspecified atom stereocenters. The third-order valence-electron chi connectivity index (χ3n) is 4.65. The minimum atomic E-state index is -3.72. The number of rotatable bonds is 5. The van der Waals surface area contributed by atoms with Gasteiger partial charge >= 0.3 is 0 Å². The number of carbonyl (C=O) groups is 1. The Labute approximate surface area is 165 Å². The predicted octanol–water partition coefficient (Wildman–Crippen LogP) is 4.10. The molecule has 0 aromatic heterocycles. The molecule has 0 saturated carbocycles. The summed E-state index contributed by atoms with van der Waals surface area (Å²) in [6.45, 7) is 1.82. The van der Waals surface area contributed by atoms with Crippen LogP contribution in [-0.2, 0) is 10.0 Å². The summed E-state index contributed by atoms with van der Waals surface area (Å²) < 4.78 is 27.1. The van der Waals surface area contributed by atoms with Crippen molar-refractivity contribution in [3.05, 3.63) is 90.0 Å². The molecule has 0 N–H and O–H groups in total. The average molecular weight is 394 g/mol. The molecule has 0 bridgehead atoms. The quantitative estimate of drug-likeness (QED) is 0.655. The van der Waals surface area contributed by atoms with Crippen molar-refractivity contribution in [3.8, 4) is 0 Å². The second-order valence-corrected chi connectivity index (χ2v) is 8.46. The maximum atomic E-state index is 13.0. The van der Waals surface area contributed by atoms with E-state index < -0.39 is 10.0 Å². The van der Waals surface area contributed by atoms with Crippen molar-refractivity contribution in [2.24, 2.45) is 0 Å². The van der Waals surface area contributed by atoms with Gasteiger partial charge in [0, 0.05) is 25.3 Å². The molecule has 3 aromatic carbocycles. The molecule has 5 nitrogen and oxygen atoms in total. The molecule has 0 spiro atoms. The van der Waals surface area contributed by atoms with E-state index in [0.717, 1.165) is 11.3 Å². The van der Waals surface area contributed by atoms with E-state index in [1.807, 2.05) is 37.3 Å². The van der Waals surface area contributed by atoms with Gasteiger partial charge in [0.25, 0.3) is 15.9 Å². The number of hydrogen-bond acceptors (Lipinski definition) is 3. The molecule has 0 aliphatic rings. The van der Waals surface area contributed by atoms with Gasteiger partial charge in [-0.25, -0.2) is 8.42 Å². The number of aryl methyl sites for hydroxylation is 1. The second-order valence-electron chi connectivity index (χ2n) is 6.49. The Hall–Kier alpha value is -3.12. The maximum absolute atomic E-state index is 13.0. The van der Waals surface area contributed by atoms with Crippen molar-refractivity contribution in [1.82, 2.24) is 0 Å². The lowest BCUT2D eigenvalue weighted by atomic mass is 10.1. The van der Waals surface area contributed by atoms with Crippen LogP contribution >= 0.6 is 0 Å². The zero-order chi connectivity index (χ0) is 20.3. The molecule has 0 saturated heterocycles. The summed E-state index contributed by atoms with van der Waals surface area (Å²) >= 11 is 0. The van der Waals surface area contributed by atoms with Gasteiger partial charge in [-0.2, -0.15) is 0 Å². The van der Waals surface area contributed by atoms with Crippen LogP contribution in [-0.4, -0.2) is 28.4 Å². The number of sulfonamides is 1. The van der Waals surface area contributed by atoms with E-state index in [1.54, 1.807) is 60.5 Å². The molecule has 0 aliphatic carbocycles. The van der Waals surface area contributed by atoms with Gasteiger partial charge in [0.05, 0.1) is 10.6 Å². The van der Waals surface area contributed by atoms with Crippen molar-refractivity contribution in [3.63, 3.8) is 0 Å². The van der Waals surface area contributed by atoms with Crippen LogP contribution < -0.4 is 9.21 Å². The maximum Gasteiger partial charge on any atom is 0.264 e. The number of hydrogen-bond donors (Lipinski definition) is 0. The lowest BCUT2D eigenvalue weighted by Gasteiger charge is -2.23. The largest absolute Gasteiger partial charge is 0.311 e. The van der Waals surface area contributed by atoms with Gasteiger partial charge < -0.3 is 4.90 Å². The Kier molecular flexibility index (Phi) is 5.51. The zero-order valence-electron chi connectivity index (χ0n) is 16.0. The summed E-state index contributed by atoms with van der Waals surface area (Å²) in [6.07, 6.45) is 0. The van der Waals surface area contributed by atoms with Crippen LogP contribution in [0.2, 0.25) is 0 Å². The van der Waals surface area contributed by atoms with Crippen molar-refractivity contribution in [2.45, 2.75) is 11.8 Å². The molecule has 144 valence electrons. The third-order valence-corrected chi connectivity index (χ3v) is 6.43. The summed E-state index contributed by atoms with van der Waals surface area (Å²) in [5.74, 6) is -0.210. The first-order chi connectivity index (χ1) is 13.3. The fourth-order valence-electron chi connectivity index (χ4n) is 2.92. The predicted molar refractivity (Wildman–Crippen MR) is 112 cm³/mol. The highest BCUT2D eigenvalue weighted by Gasteiger charge is 2.24. The first-order valence-corrected chi connectivity index (χ1v) is 10.2. The fraction of sp³-hybridized carbons (Fsp3) is 0.136. The SMILES string of the molecule is Cc1ccc(C(=O)N(C)c2ccccc2)cc1N(C)S(=O)(=O)c1ccccc1. The number of para-hydroxylation sites is 1. The molecule has 0 heterocycles. The van der Waals surface area contributed by atoms with Gasteiger partial charge in [0.15, 0.2) is 0 Å². The van der Waals surface area contributed by atoms with E-state index in [9.17, 15) is 13.2 Å². The van der Waals surface area contributed by atoms with E-state index in [2.05, 4.69) is 0 Å². The Morgan fingerprint density at radius 3 is 2.00 bits per heavy atom. The second kappa shape index (κ2) is 7.86. The van der Waals surface area contributed by atoms with Gasteiger partial charge in [-0.05, 0) is 48.9 Å². The highest BCUT2D eigenvalue weighted by Crippen LogP contribution is 2.27. The van der Waals surface area contributed by atoms with Crippen molar-refractivity contribution in [2.75, 3.05) is 23.3 Å². The van der Waals surface area contributed by atoms with Crippen LogP contribution in [0.4, 0.5) is 11.4 Å². The standard InChI is InChI=1S/C22H22N2O3S/c1-17-14-15-18(22(25)23(2)19-10-6-4-7-11-19)16-21(17)24(3)28(26,27)20-12-8-5-9-13-20/h4-16H,1-3H3. The van der Waals surface area contributed by atoms with Gasteiger partial charge in [-0.1, -0.05) is 42.5 Å². The molecule has 0 radical (unpaired) electrons. The molecular weight excluding hydrogens is 372 g/mol. The Bertz CT molecular complexity index is 1080. The van der Waals surface area contributed by atoms with Crippen molar-refractivity contribution < 1.29 is 13.2 Å². The van der Waals surface area contributed by atoms with E-state index in [1.165, 1.54) is 11.4 Å². The van der Waals surface area contributed by atoms with Crippen LogP contribution in [0.15, 0.2) is 83.8 Å². The number of carbonyl (C=O) groups excluding carboxylic acids is 1. The molecule has 1 amide bonds. The van der Waals surface area contributed by atoms with E-state index >= 15 is 0 Å². The summed E-state index contributed by atoms with van der Waals surface area (Å²) in [6, 6.07) is 22.6. The average Bonchev–Trinajstić information content (AvgIpc) is 2.73. The normalized spacial score (nSPS) is 11.1. The van der Waals surface area contributed by atoms with Crippen LogP contribution in [0.3, 0.4) is 0 Å². The molecule has 28 heavy (non-hydrogen) atoms. The highest BCUT2D eigenvalue weighted by atomic mass is 32.2. The van der Waals surface area contributed by atoms with Crippen LogP contribution in [0.25, 0.3) is 0 Å². The minimum absolute atomic E-state index is 0.204. The smallest absolute Gasteiger partial charge is 0.264 e. The van der Waals surface area contributed by atoms with Crippen molar-refractivity contribution >= 4 is 27.3 Å². The van der Waals surface area contributed by atoms with E-state index in [-0.39, 0.29) is 10.8 Å². The minimum Gasteiger partial charge on any atom is -0.311 e. The molecule has 3 aromatic rings. The van der Waals surface area contributed by atoms with Gasteiger partial charge in [0.1, 0.15) is 0 Å². The van der Waals surface area contributed by atoms with Crippen LogP contribution in [0.5, 0.6) is 0 Å². The first kappa shape index (κ1) is 19.6. The highest BCUT2D eigenvalue weighted by molar-refractivity contribution is 7.92. The Balaban J connectivity index is 1.97. The summed E-state index contributed by atoms with van der Waals surface area (Å²) in [7, 11) is -0.525. The van der Waals surface area contributed by atoms with E-state index in [4.69, 9.17) is 0 Å². The number of nitrogens with zero attached hydrogens (tertiary/aromatic N) is 2. The Morgan fingerprint density at radius 2 is 1.39 bits per heavy atom. The lowest BCUT2D eigenvalue weighted by Crippen LogP contribution is -2.29. The van der Waals surface area contributed by atoms with Gasteiger partial charge in [0.2, 0.25) is 0 Å². The number of anilines is 2. The van der Waals surface area contributed by atoms with Gasteiger partial charge in [-0.3, -0.25) is 9.10 Å². The summed E-state index contributed by atoms with van der Waals surface area (Å²) in [5.41, 5.74) is 2.42. The molecule has 0 aliphatic heterocycles.